The molecule has 1 atom stereocenters. The molecule has 0 unspecified atom stereocenters. The molecule has 4 nitrogen and oxygen atoms in total. The molecule has 2 heterocycles. The minimum Gasteiger partial charge on any atom is -0.464 e. The van der Waals surface area contributed by atoms with Gasteiger partial charge in [0, 0.05) is 7.05 Å². The highest BCUT2D eigenvalue weighted by molar-refractivity contribution is 5.81. The van der Waals surface area contributed by atoms with Crippen LogP contribution in [-0.4, -0.2) is 30.4 Å². The number of hydrogen-bond acceptors (Lipinski definition) is 3. The maximum absolute atomic E-state index is 12.0. The molecule has 1 saturated heterocycles. The number of aryl methyl sites for hydroxylation is 1. The number of hydrogen-bond donors (Lipinski definition) is 1. The number of likely N-dealkylation sites (N-methyl/N-ethyl adjacent to an activating group) is 1. The fourth-order valence-corrected chi connectivity index (χ4v) is 2.04. The molecule has 1 amide bonds. The summed E-state index contributed by atoms with van der Waals surface area (Å²) >= 11 is 0. The Morgan fingerprint density at radius 2 is 2.44 bits per heavy atom. The average molecular weight is 222 g/mol. The molecule has 1 aliphatic rings. The van der Waals surface area contributed by atoms with Crippen molar-refractivity contribution >= 4 is 5.91 Å². The first-order valence-corrected chi connectivity index (χ1v) is 5.70. The molecule has 4 heteroatoms. The first-order valence-electron chi connectivity index (χ1n) is 5.70. The number of carbonyl (C=O) groups is 1. The van der Waals surface area contributed by atoms with Crippen molar-refractivity contribution in [3.63, 3.8) is 0 Å². The van der Waals surface area contributed by atoms with Crippen molar-refractivity contribution in [2.24, 2.45) is 0 Å². The van der Waals surface area contributed by atoms with Crippen LogP contribution >= 0.6 is 0 Å². The van der Waals surface area contributed by atoms with E-state index in [9.17, 15) is 4.79 Å². The molecule has 0 bridgehead atoms. The van der Waals surface area contributed by atoms with Crippen LogP contribution in [0.3, 0.4) is 0 Å². The van der Waals surface area contributed by atoms with E-state index >= 15 is 0 Å². The first kappa shape index (κ1) is 11.2. The van der Waals surface area contributed by atoms with E-state index in [2.05, 4.69) is 5.32 Å². The van der Waals surface area contributed by atoms with Gasteiger partial charge in [-0.2, -0.15) is 0 Å². The SMILES string of the molecule is Cc1ccc(CN(C)C(=O)[C@H]2CCCN2)o1. The van der Waals surface area contributed by atoms with E-state index in [4.69, 9.17) is 4.42 Å². The highest BCUT2D eigenvalue weighted by Crippen LogP contribution is 2.12. The lowest BCUT2D eigenvalue weighted by molar-refractivity contribution is -0.132. The lowest BCUT2D eigenvalue weighted by Crippen LogP contribution is -2.41. The van der Waals surface area contributed by atoms with Crippen molar-refractivity contribution in [3.8, 4) is 0 Å². The fraction of sp³-hybridized carbons (Fsp3) is 0.583. The molecule has 0 saturated carbocycles. The van der Waals surface area contributed by atoms with Gasteiger partial charge in [-0.15, -0.1) is 0 Å². The molecule has 1 aromatic heterocycles. The van der Waals surface area contributed by atoms with E-state index in [1.807, 2.05) is 26.1 Å². The maximum Gasteiger partial charge on any atom is 0.239 e. The number of nitrogens with zero attached hydrogens (tertiary/aromatic N) is 1. The summed E-state index contributed by atoms with van der Waals surface area (Å²) in [6.45, 7) is 3.40. The van der Waals surface area contributed by atoms with Gasteiger partial charge in [-0.1, -0.05) is 0 Å². The zero-order valence-electron chi connectivity index (χ0n) is 9.82. The minimum absolute atomic E-state index is 0.000981. The van der Waals surface area contributed by atoms with Crippen LogP contribution in [0, 0.1) is 6.92 Å². The van der Waals surface area contributed by atoms with Crippen LogP contribution in [-0.2, 0) is 11.3 Å². The summed E-state index contributed by atoms with van der Waals surface area (Å²) in [5.74, 6) is 1.88. The van der Waals surface area contributed by atoms with Gasteiger partial charge in [0.2, 0.25) is 5.91 Å². The van der Waals surface area contributed by atoms with Gasteiger partial charge in [0.1, 0.15) is 11.5 Å². The topological polar surface area (TPSA) is 45.5 Å². The second kappa shape index (κ2) is 4.70. The van der Waals surface area contributed by atoms with Gasteiger partial charge in [0.05, 0.1) is 12.6 Å². The molecule has 88 valence electrons. The van der Waals surface area contributed by atoms with Gasteiger partial charge in [0.15, 0.2) is 0 Å². The Labute approximate surface area is 95.6 Å². The van der Waals surface area contributed by atoms with Gasteiger partial charge in [-0.3, -0.25) is 4.79 Å². The Morgan fingerprint density at radius 3 is 3.00 bits per heavy atom. The van der Waals surface area contributed by atoms with Crippen molar-refractivity contribution in [1.82, 2.24) is 10.2 Å². The molecule has 1 aromatic rings. The lowest BCUT2D eigenvalue weighted by atomic mass is 10.2. The molecule has 1 N–H and O–H groups in total. The van der Waals surface area contributed by atoms with Crippen LogP contribution in [0.25, 0.3) is 0 Å². The van der Waals surface area contributed by atoms with Crippen LogP contribution in [0.4, 0.5) is 0 Å². The molecule has 16 heavy (non-hydrogen) atoms. The van der Waals surface area contributed by atoms with Crippen LogP contribution in [0.5, 0.6) is 0 Å². The summed E-state index contributed by atoms with van der Waals surface area (Å²) in [4.78, 5) is 13.7. The van der Waals surface area contributed by atoms with Gasteiger partial charge in [0.25, 0.3) is 0 Å². The molecule has 0 radical (unpaired) electrons. The van der Waals surface area contributed by atoms with Crippen molar-refractivity contribution < 1.29 is 9.21 Å². The Balaban J connectivity index is 1.91. The molecule has 2 rings (SSSR count). The molecule has 1 fully saturated rings. The molecule has 0 aliphatic carbocycles. The van der Waals surface area contributed by atoms with Crippen molar-refractivity contribution in [2.75, 3.05) is 13.6 Å². The van der Waals surface area contributed by atoms with Gasteiger partial charge < -0.3 is 14.6 Å². The standard InChI is InChI=1S/C12H18N2O2/c1-9-5-6-10(16-9)8-14(2)12(15)11-4-3-7-13-11/h5-6,11,13H,3-4,7-8H2,1-2H3/t11-/m1/s1. The monoisotopic (exact) mass is 222 g/mol. The first-order chi connectivity index (χ1) is 7.66. The summed E-state index contributed by atoms with van der Waals surface area (Å²) in [6.07, 6.45) is 2.03. The molecular formula is C12H18N2O2. The fourth-order valence-electron chi connectivity index (χ4n) is 2.04. The third-order valence-electron chi connectivity index (χ3n) is 2.92. The predicted octanol–water partition coefficient (Wildman–Crippen LogP) is 1.30. The summed E-state index contributed by atoms with van der Waals surface area (Å²) < 4.78 is 5.45. The van der Waals surface area contributed by atoms with Crippen LogP contribution in [0.2, 0.25) is 0 Å². The Bertz CT molecular complexity index is 367. The summed E-state index contributed by atoms with van der Waals surface area (Å²) in [7, 11) is 1.82. The molecule has 0 aromatic carbocycles. The number of furan rings is 1. The Morgan fingerprint density at radius 1 is 1.62 bits per heavy atom. The number of carbonyl (C=O) groups excluding carboxylic acids is 1. The van der Waals surface area contributed by atoms with Crippen LogP contribution in [0.1, 0.15) is 24.4 Å². The zero-order chi connectivity index (χ0) is 11.5. The minimum atomic E-state index is 0.000981. The average Bonchev–Trinajstić information content (AvgIpc) is 2.88. The quantitative estimate of drug-likeness (QED) is 0.838. The summed E-state index contributed by atoms with van der Waals surface area (Å²) in [5, 5.41) is 3.21. The van der Waals surface area contributed by atoms with Crippen LogP contribution in [0.15, 0.2) is 16.5 Å². The van der Waals surface area contributed by atoms with Crippen LogP contribution < -0.4 is 5.32 Å². The van der Waals surface area contributed by atoms with Gasteiger partial charge >= 0.3 is 0 Å². The summed E-state index contributed by atoms with van der Waals surface area (Å²) in [6, 6.07) is 3.84. The smallest absolute Gasteiger partial charge is 0.239 e. The number of nitrogens with one attached hydrogen (secondary N) is 1. The third-order valence-corrected chi connectivity index (χ3v) is 2.92. The normalized spacial score (nSPS) is 20.0. The maximum atomic E-state index is 12.0. The highest BCUT2D eigenvalue weighted by atomic mass is 16.3. The Hall–Kier alpha value is -1.29. The molecular weight excluding hydrogens is 204 g/mol. The third kappa shape index (κ3) is 2.44. The molecule has 1 aliphatic heterocycles. The van der Waals surface area contributed by atoms with E-state index < -0.39 is 0 Å². The molecule has 0 spiro atoms. The largest absolute Gasteiger partial charge is 0.464 e. The van der Waals surface area contributed by atoms with E-state index in [-0.39, 0.29) is 11.9 Å². The number of amides is 1. The highest BCUT2D eigenvalue weighted by Gasteiger charge is 2.25. The Kier molecular flexibility index (Phi) is 3.29. The van der Waals surface area contributed by atoms with E-state index in [0.29, 0.717) is 6.54 Å². The van der Waals surface area contributed by atoms with Crippen molar-refractivity contribution in [1.29, 1.82) is 0 Å². The van der Waals surface area contributed by atoms with Gasteiger partial charge in [-0.25, -0.2) is 0 Å². The van der Waals surface area contributed by atoms with E-state index in [1.54, 1.807) is 4.90 Å². The van der Waals surface area contributed by atoms with Gasteiger partial charge in [-0.05, 0) is 38.4 Å². The number of rotatable bonds is 3. The predicted molar refractivity (Wildman–Crippen MR) is 60.9 cm³/mol. The second-order valence-corrected chi connectivity index (χ2v) is 4.36. The lowest BCUT2D eigenvalue weighted by Gasteiger charge is -2.19. The summed E-state index contributed by atoms with van der Waals surface area (Å²) in [5.41, 5.74) is 0. The second-order valence-electron chi connectivity index (χ2n) is 4.36. The zero-order valence-corrected chi connectivity index (χ0v) is 9.82. The van der Waals surface area contributed by atoms with Crippen molar-refractivity contribution in [3.05, 3.63) is 23.7 Å². The van der Waals surface area contributed by atoms with Crippen molar-refractivity contribution in [2.45, 2.75) is 32.4 Å². The van der Waals surface area contributed by atoms with E-state index in [1.165, 1.54) is 0 Å². The van der Waals surface area contributed by atoms with E-state index in [0.717, 1.165) is 30.9 Å².